The van der Waals surface area contributed by atoms with E-state index in [2.05, 4.69) is 15.5 Å². The Morgan fingerprint density at radius 2 is 2.12 bits per heavy atom. The topological polar surface area (TPSA) is 40.7 Å². The summed E-state index contributed by atoms with van der Waals surface area (Å²) < 4.78 is 13.1. The molecule has 1 aromatic heterocycles. The number of aromatic nitrogens is 2. The van der Waals surface area contributed by atoms with Crippen LogP contribution in [-0.2, 0) is 6.54 Å². The van der Waals surface area contributed by atoms with E-state index < -0.39 is 0 Å². The molecule has 3 nitrogen and oxygen atoms in total. The van der Waals surface area contributed by atoms with Crippen molar-refractivity contribution >= 4 is 5.69 Å². The number of halogens is 1. The van der Waals surface area contributed by atoms with E-state index in [0.29, 0.717) is 6.54 Å². The lowest BCUT2D eigenvalue weighted by Crippen LogP contribution is -2.00. The smallest absolute Gasteiger partial charge is 0.125 e. The molecule has 0 amide bonds. The van der Waals surface area contributed by atoms with Crippen molar-refractivity contribution in [1.29, 1.82) is 0 Å². The number of aromatic amines is 1. The molecule has 2 aromatic rings. The summed E-state index contributed by atoms with van der Waals surface area (Å²) in [4.78, 5) is 0. The molecule has 2 rings (SSSR count). The molecule has 0 radical (unpaired) electrons. The monoisotopic (exact) mass is 219 g/mol. The predicted octanol–water partition coefficient (Wildman–Crippen LogP) is 2.78. The van der Waals surface area contributed by atoms with Gasteiger partial charge in [-0.05, 0) is 37.6 Å². The third-order valence-corrected chi connectivity index (χ3v) is 2.46. The molecule has 0 aliphatic heterocycles. The number of benzene rings is 1. The summed E-state index contributed by atoms with van der Waals surface area (Å²) >= 11 is 0. The van der Waals surface area contributed by atoms with Gasteiger partial charge in [0.15, 0.2) is 0 Å². The van der Waals surface area contributed by atoms with Gasteiger partial charge < -0.3 is 5.32 Å². The Bertz CT molecular complexity index is 471. The van der Waals surface area contributed by atoms with Gasteiger partial charge >= 0.3 is 0 Å². The SMILES string of the molecule is Cc1cc(F)cc(NCc2cn[nH]c2C)c1. The minimum Gasteiger partial charge on any atom is -0.381 e. The van der Waals surface area contributed by atoms with E-state index >= 15 is 0 Å². The molecule has 0 atom stereocenters. The molecular formula is C12H14FN3. The molecule has 0 fully saturated rings. The molecule has 0 spiro atoms. The second-order valence-corrected chi connectivity index (χ2v) is 3.89. The second-order valence-electron chi connectivity index (χ2n) is 3.89. The molecule has 0 saturated heterocycles. The van der Waals surface area contributed by atoms with Gasteiger partial charge in [-0.3, -0.25) is 5.10 Å². The van der Waals surface area contributed by atoms with E-state index in [9.17, 15) is 4.39 Å². The maximum atomic E-state index is 13.1. The van der Waals surface area contributed by atoms with Gasteiger partial charge in [-0.25, -0.2) is 4.39 Å². The van der Waals surface area contributed by atoms with E-state index in [1.807, 2.05) is 19.9 Å². The van der Waals surface area contributed by atoms with Gasteiger partial charge in [0.1, 0.15) is 5.82 Å². The molecule has 0 saturated carbocycles. The Morgan fingerprint density at radius 1 is 1.31 bits per heavy atom. The van der Waals surface area contributed by atoms with Gasteiger partial charge in [-0.2, -0.15) is 5.10 Å². The highest BCUT2D eigenvalue weighted by atomic mass is 19.1. The number of nitrogens with zero attached hydrogens (tertiary/aromatic N) is 1. The molecular weight excluding hydrogens is 205 g/mol. The molecule has 0 unspecified atom stereocenters. The maximum absolute atomic E-state index is 13.1. The minimum atomic E-state index is -0.216. The zero-order valence-electron chi connectivity index (χ0n) is 9.34. The van der Waals surface area contributed by atoms with Crippen LogP contribution in [0.3, 0.4) is 0 Å². The van der Waals surface area contributed by atoms with Crippen LogP contribution in [0.5, 0.6) is 0 Å². The molecule has 1 aromatic carbocycles. The minimum absolute atomic E-state index is 0.216. The summed E-state index contributed by atoms with van der Waals surface area (Å²) in [5.41, 5.74) is 3.81. The molecule has 0 aliphatic carbocycles. The Balaban J connectivity index is 2.07. The summed E-state index contributed by atoms with van der Waals surface area (Å²) in [6.45, 7) is 4.48. The van der Waals surface area contributed by atoms with Crippen molar-refractivity contribution in [1.82, 2.24) is 10.2 Å². The van der Waals surface area contributed by atoms with E-state index in [-0.39, 0.29) is 5.82 Å². The molecule has 4 heteroatoms. The van der Waals surface area contributed by atoms with Gasteiger partial charge in [-0.15, -0.1) is 0 Å². The third kappa shape index (κ3) is 2.39. The van der Waals surface area contributed by atoms with Crippen LogP contribution in [0.4, 0.5) is 10.1 Å². The van der Waals surface area contributed by atoms with E-state index in [1.54, 1.807) is 6.20 Å². The largest absolute Gasteiger partial charge is 0.381 e. The standard InChI is InChI=1S/C12H14FN3/c1-8-3-11(13)5-12(4-8)14-6-10-7-15-16-9(10)2/h3-5,7,14H,6H2,1-2H3,(H,15,16). The maximum Gasteiger partial charge on any atom is 0.125 e. The fraction of sp³-hybridized carbons (Fsp3) is 0.250. The summed E-state index contributed by atoms with van der Waals surface area (Å²) in [5, 5.41) is 9.96. The van der Waals surface area contributed by atoms with Gasteiger partial charge in [0.25, 0.3) is 0 Å². The van der Waals surface area contributed by atoms with Gasteiger partial charge in [0.05, 0.1) is 6.20 Å². The highest BCUT2D eigenvalue weighted by Crippen LogP contribution is 2.14. The van der Waals surface area contributed by atoms with Crippen LogP contribution >= 0.6 is 0 Å². The number of H-pyrrole nitrogens is 1. The van der Waals surface area contributed by atoms with Crippen molar-refractivity contribution in [2.24, 2.45) is 0 Å². The number of hydrogen-bond acceptors (Lipinski definition) is 2. The molecule has 1 heterocycles. The van der Waals surface area contributed by atoms with Crippen LogP contribution in [0.1, 0.15) is 16.8 Å². The lowest BCUT2D eigenvalue weighted by molar-refractivity contribution is 0.627. The summed E-state index contributed by atoms with van der Waals surface area (Å²) in [6, 6.07) is 4.91. The highest BCUT2D eigenvalue weighted by Gasteiger charge is 2.01. The highest BCUT2D eigenvalue weighted by molar-refractivity contribution is 5.46. The fourth-order valence-corrected chi connectivity index (χ4v) is 1.59. The summed E-state index contributed by atoms with van der Waals surface area (Å²) in [6.07, 6.45) is 1.77. The van der Waals surface area contributed by atoms with E-state index in [1.165, 1.54) is 12.1 Å². The van der Waals surface area contributed by atoms with Crippen LogP contribution in [0.25, 0.3) is 0 Å². The average Bonchev–Trinajstić information content (AvgIpc) is 2.59. The Labute approximate surface area is 93.7 Å². The van der Waals surface area contributed by atoms with Gasteiger partial charge in [0.2, 0.25) is 0 Å². The van der Waals surface area contributed by atoms with Crippen LogP contribution in [0.2, 0.25) is 0 Å². The second kappa shape index (κ2) is 4.35. The molecule has 16 heavy (non-hydrogen) atoms. The van der Waals surface area contributed by atoms with Crippen molar-refractivity contribution in [3.8, 4) is 0 Å². The molecule has 2 N–H and O–H groups in total. The van der Waals surface area contributed by atoms with E-state index in [4.69, 9.17) is 0 Å². The molecule has 0 aliphatic rings. The zero-order chi connectivity index (χ0) is 11.5. The zero-order valence-corrected chi connectivity index (χ0v) is 9.34. The average molecular weight is 219 g/mol. The number of hydrogen-bond donors (Lipinski definition) is 2. The number of anilines is 1. The summed E-state index contributed by atoms with van der Waals surface area (Å²) in [5.74, 6) is -0.216. The molecule has 84 valence electrons. The summed E-state index contributed by atoms with van der Waals surface area (Å²) in [7, 11) is 0. The lowest BCUT2D eigenvalue weighted by atomic mass is 10.2. The van der Waals surface area contributed by atoms with Crippen LogP contribution in [0, 0.1) is 19.7 Å². The Morgan fingerprint density at radius 3 is 2.75 bits per heavy atom. The van der Waals surface area contributed by atoms with Gasteiger partial charge in [-0.1, -0.05) is 0 Å². The lowest BCUT2D eigenvalue weighted by Gasteiger charge is -2.06. The van der Waals surface area contributed by atoms with Crippen molar-refractivity contribution in [2.75, 3.05) is 5.32 Å². The number of rotatable bonds is 3. The first kappa shape index (κ1) is 10.7. The predicted molar refractivity (Wildman–Crippen MR) is 61.8 cm³/mol. The first-order chi connectivity index (χ1) is 7.65. The normalized spacial score (nSPS) is 10.4. The Kier molecular flexibility index (Phi) is 2.90. The fourth-order valence-electron chi connectivity index (χ4n) is 1.59. The van der Waals surface area contributed by atoms with E-state index in [0.717, 1.165) is 22.5 Å². The molecule has 0 bridgehead atoms. The van der Waals surface area contributed by atoms with Crippen molar-refractivity contribution in [2.45, 2.75) is 20.4 Å². The van der Waals surface area contributed by atoms with Crippen molar-refractivity contribution < 1.29 is 4.39 Å². The van der Waals surface area contributed by atoms with Crippen molar-refractivity contribution in [3.63, 3.8) is 0 Å². The van der Waals surface area contributed by atoms with Crippen LogP contribution in [-0.4, -0.2) is 10.2 Å². The van der Waals surface area contributed by atoms with Gasteiger partial charge in [0, 0.05) is 23.5 Å². The van der Waals surface area contributed by atoms with Crippen LogP contribution in [0.15, 0.2) is 24.4 Å². The number of nitrogens with one attached hydrogen (secondary N) is 2. The quantitative estimate of drug-likeness (QED) is 0.833. The first-order valence-electron chi connectivity index (χ1n) is 5.15. The Hall–Kier alpha value is -1.84. The van der Waals surface area contributed by atoms with Crippen molar-refractivity contribution in [3.05, 3.63) is 47.0 Å². The first-order valence-corrected chi connectivity index (χ1v) is 5.15. The number of aryl methyl sites for hydroxylation is 2. The third-order valence-electron chi connectivity index (χ3n) is 2.46. The van der Waals surface area contributed by atoms with Crippen LogP contribution < -0.4 is 5.32 Å².